The van der Waals surface area contributed by atoms with E-state index >= 15 is 0 Å². The van der Waals surface area contributed by atoms with E-state index in [-0.39, 0.29) is 28.0 Å². The lowest BCUT2D eigenvalue weighted by Crippen LogP contribution is -2.09. The number of fused-ring (bicyclic) bond motifs is 1. The van der Waals surface area contributed by atoms with E-state index in [0.717, 1.165) is 30.9 Å². The van der Waals surface area contributed by atoms with Crippen LogP contribution in [0.5, 0.6) is 0 Å². The van der Waals surface area contributed by atoms with Gasteiger partial charge in [-0.05, 0) is 30.3 Å². The highest BCUT2D eigenvalue weighted by atomic mass is 19.4. The summed E-state index contributed by atoms with van der Waals surface area (Å²) in [6.45, 7) is 0. The van der Waals surface area contributed by atoms with Gasteiger partial charge in [0.15, 0.2) is 11.3 Å². The van der Waals surface area contributed by atoms with Gasteiger partial charge in [0.2, 0.25) is 0 Å². The summed E-state index contributed by atoms with van der Waals surface area (Å²) in [5, 5.41) is 9.22. The number of alkyl halides is 3. The van der Waals surface area contributed by atoms with E-state index in [1.165, 1.54) is 22.8 Å². The summed E-state index contributed by atoms with van der Waals surface area (Å²) in [5.74, 6) is -1.34. The number of hydrogen-bond acceptors (Lipinski definition) is 4. The summed E-state index contributed by atoms with van der Waals surface area (Å²) in [6.07, 6.45) is -2.84. The minimum atomic E-state index is -4.72. The Morgan fingerprint density at radius 3 is 2.45 bits per heavy atom. The summed E-state index contributed by atoms with van der Waals surface area (Å²) in [7, 11) is 0. The molecule has 10 heteroatoms. The van der Waals surface area contributed by atoms with Gasteiger partial charge in [-0.25, -0.2) is 23.7 Å². The lowest BCUT2D eigenvalue weighted by atomic mass is 9.99. The predicted molar refractivity (Wildman–Crippen MR) is 91.7 cm³/mol. The fraction of sp³-hybridized carbons (Fsp3) is 0.0526. The zero-order valence-electron chi connectivity index (χ0n) is 14.2. The van der Waals surface area contributed by atoms with Crippen molar-refractivity contribution in [3.8, 4) is 22.9 Å². The predicted octanol–water partition coefficient (Wildman–Crippen LogP) is 4.65. The van der Waals surface area contributed by atoms with Crippen LogP contribution < -0.4 is 0 Å². The Balaban J connectivity index is 1.91. The quantitative estimate of drug-likeness (QED) is 0.459. The molecule has 0 aliphatic rings. The molecule has 2 heterocycles. The third-order valence-corrected chi connectivity index (χ3v) is 4.22. The van der Waals surface area contributed by atoms with Crippen molar-refractivity contribution >= 4 is 11.2 Å². The van der Waals surface area contributed by atoms with Crippen LogP contribution in [0.15, 0.2) is 49.1 Å². The SMILES string of the molecule is N#Cc1cc(F)ccc1-c1cc(-n2cnc3c(C(F)(F)F)ncnc32)ccc1F. The number of rotatable bonds is 2. The van der Waals surface area contributed by atoms with Gasteiger partial charge in [0.25, 0.3) is 0 Å². The Bertz CT molecular complexity index is 1290. The molecule has 0 N–H and O–H groups in total. The van der Waals surface area contributed by atoms with Gasteiger partial charge in [-0.15, -0.1) is 0 Å². The molecule has 0 unspecified atom stereocenters. The van der Waals surface area contributed by atoms with E-state index in [2.05, 4.69) is 15.0 Å². The van der Waals surface area contributed by atoms with Crippen molar-refractivity contribution in [1.82, 2.24) is 19.5 Å². The molecule has 5 nitrogen and oxygen atoms in total. The van der Waals surface area contributed by atoms with Crippen LogP contribution in [-0.4, -0.2) is 19.5 Å². The van der Waals surface area contributed by atoms with E-state index in [4.69, 9.17) is 0 Å². The van der Waals surface area contributed by atoms with Crippen molar-refractivity contribution in [1.29, 1.82) is 5.26 Å². The maximum absolute atomic E-state index is 14.4. The Morgan fingerprint density at radius 2 is 1.72 bits per heavy atom. The molecule has 0 saturated carbocycles. The first kappa shape index (κ1) is 18.5. The molecule has 0 amide bonds. The minimum absolute atomic E-state index is 0.0222. The third kappa shape index (κ3) is 3.16. The average Bonchev–Trinajstić information content (AvgIpc) is 3.12. The van der Waals surface area contributed by atoms with Gasteiger partial charge in [-0.3, -0.25) is 4.57 Å². The van der Waals surface area contributed by atoms with Crippen molar-refractivity contribution in [3.63, 3.8) is 0 Å². The highest BCUT2D eigenvalue weighted by Gasteiger charge is 2.36. The van der Waals surface area contributed by atoms with Gasteiger partial charge in [0.05, 0.1) is 11.6 Å². The maximum Gasteiger partial charge on any atom is 0.435 e. The van der Waals surface area contributed by atoms with Crippen LogP contribution in [0, 0.1) is 23.0 Å². The van der Waals surface area contributed by atoms with Gasteiger partial charge in [0, 0.05) is 16.8 Å². The second-order valence-electron chi connectivity index (χ2n) is 5.97. The largest absolute Gasteiger partial charge is 0.435 e. The minimum Gasteiger partial charge on any atom is -0.283 e. The Morgan fingerprint density at radius 1 is 0.931 bits per heavy atom. The molecule has 4 aromatic rings. The van der Waals surface area contributed by atoms with Gasteiger partial charge in [-0.2, -0.15) is 18.4 Å². The normalized spacial score (nSPS) is 11.6. The van der Waals surface area contributed by atoms with E-state index in [9.17, 15) is 27.2 Å². The van der Waals surface area contributed by atoms with Gasteiger partial charge >= 0.3 is 6.18 Å². The second-order valence-corrected chi connectivity index (χ2v) is 5.97. The van der Waals surface area contributed by atoms with Crippen LogP contribution in [0.1, 0.15) is 11.3 Å². The monoisotopic (exact) mass is 401 g/mol. The molecule has 2 aromatic heterocycles. The van der Waals surface area contributed by atoms with Crippen LogP contribution >= 0.6 is 0 Å². The molecule has 0 fully saturated rings. The molecule has 0 aliphatic carbocycles. The molecule has 0 spiro atoms. The van der Waals surface area contributed by atoms with Crippen molar-refractivity contribution in [2.75, 3.05) is 0 Å². The van der Waals surface area contributed by atoms with E-state index < -0.39 is 29.0 Å². The van der Waals surface area contributed by atoms with Crippen molar-refractivity contribution in [2.24, 2.45) is 0 Å². The maximum atomic E-state index is 14.4. The van der Waals surface area contributed by atoms with Gasteiger partial charge in [-0.1, -0.05) is 6.07 Å². The van der Waals surface area contributed by atoms with Crippen molar-refractivity contribution in [3.05, 3.63) is 71.9 Å². The number of aromatic nitrogens is 4. The number of hydrogen-bond donors (Lipinski definition) is 0. The molecule has 0 saturated heterocycles. The fourth-order valence-electron chi connectivity index (χ4n) is 2.94. The molecule has 0 bridgehead atoms. The lowest BCUT2D eigenvalue weighted by Gasteiger charge is -2.10. The van der Waals surface area contributed by atoms with Gasteiger partial charge in [0.1, 0.15) is 29.8 Å². The zero-order chi connectivity index (χ0) is 20.8. The van der Waals surface area contributed by atoms with Crippen LogP contribution in [0.3, 0.4) is 0 Å². The van der Waals surface area contributed by atoms with Gasteiger partial charge < -0.3 is 0 Å². The molecule has 2 aromatic carbocycles. The first-order valence-electron chi connectivity index (χ1n) is 8.05. The summed E-state index contributed by atoms with van der Waals surface area (Å²) in [6, 6.07) is 8.84. The number of nitriles is 1. The third-order valence-electron chi connectivity index (χ3n) is 4.22. The zero-order valence-corrected chi connectivity index (χ0v) is 14.2. The van der Waals surface area contributed by atoms with Crippen LogP contribution in [0.2, 0.25) is 0 Å². The molecule has 144 valence electrons. The van der Waals surface area contributed by atoms with Crippen LogP contribution in [0.4, 0.5) is 22.0 Å². The highest BCUT2D eigenvalue weighted by molar-refractivity contribution is 5.77. The van der Waals surface area contributed by atoms with Crippen molar-refractivity contribution < 1.29 is 22.0 Å². The highest BCUT2D eigenvalue weighted by Crippen LogP contribution is 2.33. The van der Waals surface area contributed by atoms with Crippen LogP contribution in [0.25, 0.3) is 28.0 Å². The Labute approximate surface area is 159 Å². The van der Waals surface area contributed by atoms with Crippen molar-refractivity contribution in [2.45, 2.75) is 6.18 Å². The topological polar surface area (TPSA) is 67.4 Å². The standard InChI is InChI=1S/C19H8F5N5/c20-11-1-3-13(10(5-11)7-25)14-6-12(2-4-15(14)21)29-9-28-16-17(19(22,23)24)26-8-27-18(16)29/h1-6,8-9H. The van der Waals surface area contributed by atoms with E-state index in [0.29, 0.717) is 0 Å². The molecular weight excluding hydrogens is 393 g/mol. The first-order chi connectivity index (χ1) is 13.8. The number of benzene rings is 2. The smallest absolute Gasteiger partial charge is 0.283 e. The number of nitrogens with zero attached hydrogens (tertiary/aromatic N) is 5. The van der Waals surface area contributed by atoms with Crippen LogP contribution in [-0.2, 0) is 6.18 Å². The summed E-state index contributed by atoms with van der Waals surface area (Å²) in [5.41, 5.74) is -1.47. The van der Waals surface area contributed by atoms with E-state index in [1.54, 1.807) is 6.07 Å². The summed E-state index contributed by atoms with van der Waals surface area (Å²) in [4.78, 5) is 10.9. The Hall–Kier alpha value is -3.87. The molecule has 0 aliphatic heterocycles. The molecule has 0 radical (unpaired) electrons. The average molecular weight is 401 g/mol. The number of halogens is 5. The summed E-state index contributed by atoms with van der Waals surface area (Å²) < 4.78 is 68.5. The number of imidazole rings is 1. The lowest BCUT2D eigenvalue weighted by molar-refractivity contribution is -0.140. The molecular formula is C19H8F5N5. The van der Waals surface area contributed by atoms with E-state index in [1.807, 2.05) is 0 Å². The molecule has 29 heavy (non-hydrogen) atoms. The second kappa shape index (κ2) is 6.63. The molecule has 0 atom stereocenters. The molecule has 4 rings (SSSR count). The Kier molecular flexibility index (Phi) is 4.23. The first-order valence-corrected chi connectivity index (χ1v) is 8.05. The fourth-order valence-corrected chi connectivity index (χ4v) is 2.94. The summed E-state index contributed by atoms with van der Waals surface area (Å²) >= 11 is 0.